The van der Waals surface area contributed by atoms with Crippen molar-refractivity contribution in [1.29, 1.82) is 0 Å². The molecule has 0 bridgehead atoms. The molecule has 0 aliphatic carbocycles. The summed E-state index contributed by atoms with van der Waals surface area (Å²) in [5.74, 6) is -0.200. The maximum atomic E-state index is 12.3. The van der Waals surface area contributed by atoms with Crippen LogP contribution < -0.4 is 10.9 Å². The second kappa shape index (κ2) is 4.61. The van der Waals surface area contributed by atoms with E-state index >= 15 is 0 Å². The van der Waals surface area contributed by atoms with Gasteiger partial charge in [0.05, 0.1) is 5.39 Å². The molecule has 4 rings (SSSR count). The highest BCUT2D eigenvalue weighted by atomic mass is 16.4. The Bertz CT molecular complexity index is 1150. The number of hydrogen-bond donors (Lipinski definition) is 2. The first-order chi connectivity index (χ1) is 11.0. The number of benzene rings is 2. The largest absolute Gasteiger partial charge is 0.508 e. The van der Waals surface area contributed by atoms with Gasteiger partial charge in [-0.05, 0) is 30.3 Å². The third-order valence-corrected chi connectivity index (χ3v) is 3.62. The van der Waals surface area contributed by atoms with E-state index in [4.69, 9.17) is 8.83 Å². The number of carbonyl (C=O) groups is 1. The molecule has 0 fully saturated rings. The highest BCUT2D eigenvalue weighted by molar-refractivity contribution is 6.13. The van der Waals surface area contributed by atoms with E-state index in [2.05, 4.69) is 5.32 Å². The normalized spacial score (nSPS) is 11.3. The lowest BCUT2D eigenvalue weighted by molar-refractivity contribution is -0.114. The van der Waals surface area contributed by atoms with E-state index in [1.807, 2.05) is 0 Å². The van der Waals surface area contributed by atoms with E-state index in [9.17, 15) is 14.7 Å². The van der Waals surface area contributed by atoms with Crippen molar-refractivity contribution in [2.24, 2.45) is 0 Å². The number of carbonyl (C=O) groups excluding carboxylic acids is 1. The molecule has 0 aliphatic rings. The molecule has 1 amide bonds. The first-order valence-electron chi connectivity index (χ1n) is 6.92. The van der Waals surface area contributed by atoms with Crippen LogP contribution in [0.25, 0.3) is 32.9 Å². The summed E-state index contributed by atoms with van der Waals surface area (Å²) in [5, 5.41) is 13.7. The molecule has 0 atom stereocenters. The Morgan fingerprint density at radius 3 is 2.65 bits per heavy atom. The minimum atomic E-state index is -0.558. The molecule has 2 aromatic heterocycles. The third-order valence-electron chi connectivity index (χ3n) is 3.62. The van der Waals surface area contributed by atoms with Crippen molar-refractivity contribution in [3.63, 3.8) is 0 Å². The van der Waals surface area contributed by atoms with Gasteiger partial charge in [-0.1, -0.05) is 0 Å². The van der Waals surface area contributed by atoms with E-state index in [1.165, 1.54) is 19.1 Å². The van der Waals surface area contributed by atoms with Gasteiger partial charge >= 0.3 is 5.63 Å². The highest BCUT2D eigenvalue weighted by Gasteiger charge is 2.16. The smallest absolute Gasteiger partial charge is 0.348 e. The molecular formula is C17H11NO5. The number of anilines is 1. The van der Waals surface area contributed by atoms with Crippen LogP contribution in [0.4, 0.5) is 5.69 Å². The summed E-state index contributed by atoms with van der Waals surface area (Å²) in [7, 11) is 0. The zero-order chi connectivity index (χ0) is 16.1. The summed E-state index contributed by atoms with van der Waals surface area (Å²) >= 11 is 0. The van der Waals surface area contributed by atoms with Gasteiger partial charge in [-0.3, -0.25) is 4.79 Å². The van der Waals surface area contributed by atoms with Crippen LogP contribution in [0.2, 0.25) is 0 Å². The first-order valence-corrected chi connectivity index (χ1v) is 6.92. The molecule has 23 heavy (non-hydrogen) atoms. The van der Waals surface area contributed by atoms with Gasteiger partial charge in [0.25, 0.3) is 0 Å². The second-order valence-electron chi connectivity index (χ2n) is 5.27. The molecule has 0 radical (unpaired) electrons. The summed E-state index contributed by atoms with van der Waals surface area (Å²) in [6.07, 6.45) is 0. The Labute approximate surface area is 128 Å². The number of nitrogens with one attached hydrogen (secondary N) is 1. The average molecular weight is 309 g/mol. The number of aromatic hydroxyl groups is 1. The molecule has 0 saturated heterocycles. The zero-order valence-corrected chi connectivity index (χ0v) is 12.0. The van der Waals surface area contributed by atoms with Crippen LogP contribution in [-0.2, 0) is 4.79 Å². The minimum absolute atomic E-state index is 0.00376. The summed E-state index contributed by atoms with van der Waals surface area (Å²) in [5.41, 5.74) is 1.17. The third kappa shape index (κ3) is 2.03. The lowest BCUT2D eigenvalue weighted by Gasteiger charge is -2.00. The minimum Gasteiger partial charge on any atom is -0.508 e. The molecule has 0 aliphatic heterocycles. The van der Waals surface area contributed by atoms with Crippen LogP contribution in [0.3, 0.4) is 0 Å². The Hall–Kier alpha value is -3.28. The predicted octanol–water partition coefficient (Wildman–Crippen LogP) is 3.36. The quantitative estimate of drug-likeness (QED) is 0.526. The molecule has 6 nitrogen and oxygen atoms in total. The fourth-order valence-corrected chi connectivity index (χ4v) is 2.70. The molecule has 2 N–H and O–H groups in total. The molecule has 2 heterocycles. The Kier molecular flexibility index (Phi) is 2.68. The van der Waals surface area contributed by atoms with Gasteiger partial charge in [-0.15, -0.1) is 0 Å². The van der Waals surface area contributed by atoms with Crippen LogP contribution in [0.5, 0.6) is 5.75 Å². The molecule has 4 aromatic rings. The van der Waals surface area contributed by atoms with Gasteiger partial charge in [0.2, 0.25) is 5.91 Å². The van der Waals surface area contributed by atoms with Crippen LogP contribution in [0, 0.1) is 0 Å². The monoisotopic (exact) mass is 309 g/mol. The first kappa shape index (κ1) is 13.4. The molecule has 0 saturated carbocycles. The Balaban J connectivity index is 2.13. The maximum absolute atomic E-state index is 12.3. The molecule has 6 heteroatoms. The van der Waals surface area contributed by atoms with Gasteiger partial charge in [0.15, 0.2) is 5.58 Å². The molecule has 0 unspecified atom stereocenters. The van der Waals surface area contributed by atoms with E-state index in [0.29, 0.717) is 33.0 Å². The van der Waals surface area contributed by atoms with Crippen molar-refractivity contribution in [2.45, 2.75) is 6.92 Å². The summed E-state index contributed by atoms with van der Waals surface area (Å²) in [6.45, 7) is 1.41. The van der Waals surface area contributed by atoms with Gasteiger partial charge in [0, 0.05) is 24.1 Å². The number of rotatable bonds is 1. The zero-order valence-electron chi connectivity index (χ0n) is 12.0. The molecular weight excluding hydrogens is 298 g/mol. The summed E-state index contributed by atoms with van der Waals surface area (Å²) in [4.78, 5) is 23.5. The Morgan fingerprint density at radius 2 is 1.87 bits per heavy atom. The number of phenols is 1. The van der Waals surface area contributed by atoms with Crippen molar-refractivity contribution < 1.29 is 18.7 Å². The average Bonchev–Trinajstić information content (AvgIpc) is 2.85. The summed E-state index contributed by atoms with van der Waals surface area (Å²) < 4.78 is 11.1. The van der Waals surface area contributed by atoms with Crippen molar-refractivity contribution in [1.82, 2.24) is 0 Å². The van der Waals surface area contributed by atoms with E-state index in [0.717, 1.165) is 0 Å². The number of amides is 1. The standard InChI is InChI=1S/C17H11NO5/c1-8(19)18-9-2-5-13-12(6-9)15-16(22-13)11-4-3-10(20)7-14(11)23-17(15)21/h2-7,20H,1H3,(H,18,19). The van der Waals surface area contributed by atoms with Crippen molar-refractivity contribution in [3.05, 3.63) is 46.8 Å². The molecule has 2 aromatic carbocycles. The lowest BCUT2D eigenvalue weighted by atomic mass is 10.1. The van der Waals surface area contributed by atoms with Gasteiger partial charge in [-0.25, -0.2) is 4.79 Å². The van der Waals surface area contributed by atoms with Crippen LogP contribution in [0.1, 0.15) is 6.92 Å². The topological polar surface area (TPSA) is 92.7 Å². The van der Waals surface area contributed by atoms with Gasteiger partial charge in [0.1, 0.15) is 22.3 Å². The molecule has 114 valence electrons. The predicted molar refractivity (Wildman–Crippen MR) is 85.7 cm³/mol. The van der Waals surface area contributed by atoms with Gasteiger partial charge < -0.3 is 19.3 Å². The van der Waals surface area contributed by atoms with E-state index in [1.54, 1.807) is 24.3 Å². The Morgan fingerprint density at radius 1 is 1.04 bits per heavy atom. The fraction of sp³-hybridized carbons (Fsp3) is 0.0588. The maximum Gasteiger partial charge on any atom is 0.348 e. The second-order valence-corrected chi connectivity index (χ2v) is 5.27. The van der Waals surface area contributed by atoms with Crippen LogP contribution in [0.15, 0.2) is 50.0 Å². The van der Waals surface area contributed by atoms with Crippen molar-refractivity contribution >= 4 is 44.5 Å². The number of hydrogen-bond acceptors (Lipinski definition) is 5. The van der Waals surface area contributed by atoms with Crippen LogP contribution in [-0.4, -0.2) is 11.0 Å². The molecule has 0 spiro atoms. The summed E-state index contributed by atoms with van der Waals surface area (Å²) in [6, 6.07) is 9.55. The number of phenolic OH excluding ortho intramolecular Hbond substituents is 1. The SMILES string of the molecule is CC(=O)Nc1ccc2oc3c4ccc(O)cc4oc(=O)c3c2c1. The van der Waals surface area contributed by atoms with Gasteiger partial charge in [-0.2, -0.15) is 0 Å². The number of furan rings is 1. The van der Waals surface area contributed by atoms with E-state index in [-0.39, 0.29) is 17.2 Å². The fourth-order valence-electron chi connectivity index (χ4n) is 2.70. The van der Waals surface area contributed by atoms with Crippen molar-refractivity contribution in [3.8, 4) is 5.75 Å². The highest BCUT2D eigenvalue weighted by Crippen LogP contribution is 2.34. The lowest BCUT2D eigenvalue weighted by Crippen LogP contribution is -2.05. The van der Waals surface area contributed by atoms with Crippen molar-refractivity contribution in [2.75, 3.05) is 5.32 Å². The van der Waals surface area contributed by atoms with Crippen LogP contribution >= 0.6 is 0 Å². The van der Waals surface area contributed by atoms with E-state index < -0.39 is 5.63 Å². The number of fused-ring (bicyclic) bond motifs is 5.